The molecule has 10 nitrogen and oxygen atoms in total. The summed E-state index contributed by atoms with van der Waals surface area (Å²) in [6.07, 6.45) is 48.8. The Hall–Kier alpha value is -3.12. The predicted octanol–water partition coefficient (Wildman–Crippen LogP) is 11.3. The molecule has 360 valence electrons. The van der Waals surface area contributed by atoms with Gasteiger partial charge in [0.25, 0.3) is 0 Å². The van der Waals surface area contributed by atoms with Gasteiger partial charge in [0.05, 0.1) is 13.2 Å². The highest BCUT2D eigenvalue weighted by Gasteiger charge is 2.44. The van der Waals surface area contributed by atoms with Crippen molar-refractivity contribution in [2.24, 2.45) is 0 Å². The average Bonchev–Trinajstić information content (AvgIpc) is 3.28. The summed E-state index contributed by atoms with van der Waals surface area (Å²) < 4.78 is 22.1. The summed E-state index contributed by atoms with van der Waals surface area (Å²) in [5.41, 5.74) is 0. The predicted molar refractivity (Wildman–Crippen MR) is 256 cm³/mol. The molecule has 0 spiro atoms. The van der Waals surface area contributed by atoms with Crippen LogP contribution in [-0.2, 0) is 28.5 Å². The van der Waals surface area contributed by atoms with E-state index in [4.69, 9.17) is 18.9 Å². The van der Waals surface area contributed by atoms with Crippen LogP contribution >= 0.6 is 0 Å². The second-order valence-corrected chi connectivity index (χ2v) is 16.5. The average molecular weight is 885 g/mol. The molecule has 6 unspecified atom stereocenters. The molecular formula is C53H88O10. The molecule has 4 N–H and O–H groups in total. The number of carbonyl (C=O) groups excluding carboxylic acids is 2. The first-order valence-corrected chi connectivity index (χ1v) is 24.7. The number of aliphatic hydroxyl groups excluding tert-OH is 4. The number of carbonyl (C=O) groups is 2. The highest BCUT2D eigenvalue weighted by Crippen LogP contribution is 2.22. The Bertz CT molecular complexity index is 1300. The van der Waals surface area contributed by atoms with E-state index >= 15 is 0 Å². The molecule has 1 aliphatic rings. The van der Waals surface area contributed by atoms with Gasteiger partial charge in [0, 0.05) is 12.8 Å². The minimum absolute atomic E-state index is 0.146. The maximum Gasteiger partial charge on any atom is 0.306 e. The summed E-state index contributed by atoms with van der Waals surface area (Å²) in [4.78, 5) is 25.4. The van der Waals surface area contributed by atoms with Crippen LogP contribution < -0.4 is 0 Å². The zero-order chi connectivity index (χ0) is 45.9. The maximum absolute atomic E-state index is 12.8. The van der Waals surface area contributed by atoms with Gasteiger partial charge in [-0.1, -0.05) is 170 Å². The fraction of sp³-hybridized carbons (Fsp3) is 0.698. The van der Waals surface area contributed by atoms with Crippen molar-refractivity contribution >= 4 is 11.9 Å². The molecule has 0 aromatic rings. The van der Waals surface area contributed by atoms with E-state index in [1.165, 1.54) is 70.6 Å². The van der Waals surface area contributed by atoms with Gasteiger partial charge in [-0.3, -0.25) is 9.59 Å². The lowest BCUT2D eigenvalue weighted by molar-refractivity contribution is -0.305. The topological polar surface area (TPSA) is 152 Å². The smallest absolute Gasteiger partial charge is 0.306 e. The quantitative estimate of drug-likeness (QED) is 0.0266. The lowest BCUT2D eigenvalue weighted by Gasteiger charge is -2.39. The van der Waals surface area contributed by atoms with E-state index in [9.17, 15) is 30.0 Å². The largest absolute Gasteiger partial charge is 0.462 e. The highest BCUT2D eigenvalue weighted by molar-refractivity contribution is 5.70. The fourth-order valence-corrected chi connectivity index (χ4v) is 6.90. The first-order chi connectivity index (χ1) is 30.8. The monoisotopic (exact) mass is 885 g/mol. The molecule has 0 aromatic heterocycles. The van der Waals surface area contributed by atoms with Gasteiger partial charge in [-0.25, -0.2) is 0 Å². The molecule has 0 aliphatic carbocycles. The summed E-state index contributed by atoms with van der Waals surface area (Å²) in [5.74, 6) is -0.884. The van der Waals surface area contributed by atoms with Crippen LogP contribution in [0.15, 0.2) is 85.1 Å². The van der Waals surface area contributed by atoms with Gasteiger partial charge in [-0.2, -0.15) is 0 Å². The first-order valence-electron chi connectivity index (χ1n) is 24.7. The third-order valence-corrected chi connectivity index (χ3v) is 10.8. The molecule has 1 heterocycles. The van der Waals surface area contributed by atoms with E-state index in [2.05, 4.69) is 92.8 Å². The first kappa shape index (κ1) is 57.9. The Labute approximate surface area is 382 Å². The summed E-state index contributed by atoms with van der Waals surface area (Å²) in [5, 5.41) is 40.2. The molecule has 0 amide bonds. The Morgan fingerprint density at radius 1 is 0.508 bits per heavy atom. The third kappa shape index (κ3) is 34.0. The van der Waals surface area contributed by atoms with Gasteiger partial charge in [0.15, 0.2) is 12.4 Å². The van der Waals surface area contributed by atoms with Crippen molar-refractivity contribution in [1.82, 2.24) is 0 Å². The van der Waals surface area contributed by atoms with E-state index in [1.807, 2.05) is 6.08 Å². The molecule has 0 aromatic carbocycles. The number of hydrogen-bond acceptors (Lipinski definition) is 10. The van der Waals surface area contributed by atoms with Crippen LogP contribution in [-0.4, -0.2) is 89.0 Å². The van der Waals surface area contributed by atoms with Crippen molar-refractivity contribution < 1.29 is 49.0 Å². The van der Waals surface area contributed by atoms with Gasteiger partial charge in [0.1, 0.15) is 31.0 Å². The Balaban J connectivity index is 2.32. The fourth-order valence-electron chi connectivity index (χ4n) is 6.90. The van der Waals surface area contributed by atoms with E-state index in [1.54, 1.807) is 0 Å². The summed E-state index contributed by atoms with van der Waals surface area (Å²) >= 11 is 0. The lowest BCUT2D eigenvalue weighted by atomic mass is 9.99. The molecular weight excluding hydrogens is 797 g/mol. The lowest BCUT2D eigenvalue weighted by Crippen LogP contribution is -2.59. The van der Waals surface area contributed by atoms with Crippen molar-refractivity contribution in [2.45, 2.75) is 218 Å². The van der Waals surface area contributed by atoms with E-state index in [0.29, 0.717) is 19.3 Å². The molecule has 6 atom stereocenters. The number of rotatable bonds is 40. The summed E-state index contributed by atoms with van der Waals surface area (Å²) in [6.45, 7) is 3.24. The zero-order valence-corrected chi connectivity index (χ0v) is 39.3. The van der Waals surface area contributed by atoms with Crippen LogP contribution in [0.5, 0.6) is 0 Å². The number of hydrogen-bond donors (Lipinski definition) is 4. The van der Waals surface area contributed by atoms with Crippen molar-refractivity contribution in [3.05, 3.63) is 85.1 Å². The maximum atomic E-state index is 12.8. The van der Waals surface area contributed by atoms with E-state index in [-0.39, 0.29) is 26.1 Å². The second-order valence-electron chi connectivity index (χ2n) is 16.5. The van der Waals surface area contributed by atoms with E-state index in [0.717, 1.165) is 64.2 Å². The molecule has 1 fully saturated rings. The second kappa shape index (κ2) is 42.8. The standard InChI is InChI=1S/C53H88O10/c1-3-5-7-9-11-13-15-17-19-21-22-23-24-26-27-29-31-33-35-37-39-41-48(55)60-44-46(45-61-53-52(59)51(58)50(57)47(43-54)63-53)62-49(56)42-40-38-36-34-32-30-28-25-20-18-16-14-12-10-8-6-4-2/h6,8,12,14-15,17-18,20-22,28,30,34,36,46-47,50-54,57-59H,3-5,7,9-11,13,16,19,23-27,29,31-33,35,37-45H2,1-2H3/b8-6-,14-12-,17-15-,20-18-,22-21-,30-28-,36-34-. The zero-order valence-electron chi connectivity index (χ0n) is 39.3. The van der Waals surface area contributed by atoms with Gasteiger partial charge < -0.3 is 39.4 Å². The van der Waals surface area contributed by atoms with Crippen LogP contribution in [0.25, 0.3) is 0 Å². The van der Waals surface area contributed by atoms with Crippen LogP contribution in [0.4, 0.5) is 0 Å². The Morgan fingerprint density at radius 3 is 1.46 bits per heavy atom. The normalized spacial score (nSPS) is 20.3. The number of esters is 2. The number of ether oxygens (including phenoxy) is 4. The third-order valence-electron chi connectivity index (χ3n) is 10.8. The molecule has 1 saturated heterocycles. The molecule has 63 heavy (non-hydrogen) atoms. The molecule has 0 radical (unpaired) electrons. The van der Waals surface area contributed by atoms with Crippen LogP contribution in [0.1, 0.15) is 181 Å². The van der Waals surface area contributed by atoms with Gasteiger partial charge in [-0.15, -0.1) is 0 Å². The van der Waals surface area contributed by atoms with Crippen LogP contribution in [0.3, 0.4) is 0 Å². The minimum atomic E-state index is -1.61. The number of allylic oxidation sites excluding steroid dienone is 14. The number of unbranched alkanes of at least 4 members (excludes halogenated alkanes) is 15. The van der Waals surface area contributed by atoms with Crippen molar-refractivity contribution in [1.29, 1.82) is 0 Å². The molecule has 1 rings (SSSR count). The van der Waals surface area contributed by atoms with Gasteiger partial charge in [-0.05, 0) is 83.5 Å². The van der Waals surface area contributed by atoms with Gasteiger partial charge >= 0.3 is 11.9 Å². The van der Waals surface area contributed by atoms with Crippen LogP contribution in [0, 0.1) is 0 Å². The van der Waals surface area contributed by atoms with Gasteiger partial charge in [0.2, 0.25) is 0 Å². The molecule has 0 saturated carbocycles. The molecule has 0 bridgehead atoms. The molecule has 1 aliphatic heterocycles. The SMILES string of the molecule is CC/C=C\C/C=C\C/C=C\C/C=C\C/C=C\CCCC(=O)OC(COC(=O)CCCCCCCCCCC/C=C\C/C=C\CCCCCCC)COC1OC(CO)C(O)C(O)C1O. The van der Waals surface area contributed by atoms with Crippen LogP contribution in [0.2, 0.25) is 0 Å². The van der Waals surface area contributed by atoms with Crippen molar-refractivity contribution in [3.63, 3.8) is 0 Å². The van der Waals surface area contributed by atoms with E-state index < -0.39 is 55.4 Å². The summed E-state index contributed by atoms with van der Waals surface area (Å²) in [6, 6.07) is 0. The highest BCUT2D eigenvalue weighted by atomic mass is 16.7. The number of aliphatic hydroxyl groups is 4. The summed E-state index contributed by atoms with van der Waals surface area (Å²) in [7, 11) is 0. The minimum Gasteiger partial charge on any atom is -0.462 e. The van der Waals surface area contributed by atoms with Crippen molar-refractivity contribution in [2.75, 3.05) is 19.8 Å². The molecule has 10 heteroatoms. The van der Waals surface area contributed by atoms with Crippen molar-refractivity contribution in [3.8, 4) is 0 Å². The Morgan fingerprint density at radius 2 is 0.952 bits per heavy atom. The Kier molecular flexibility index (Phi) is 39.3.